The molecule has 4 nitrogen and oxygen atoms in total. The number of amides is 1. The zero-order chi connectivity index (χ0) is 15.1. The molecule has 4 heteroatoms. The number of benzene rings is 1. The average molecular weight is 289 g/mol. The van der Waals surface area contributed by atoms with Gasteiger partial charge in [-0.2, -0.15) is 0 Å². The Kier molecular flexibility index (Phi) is 6.21. The van der Waals surface area contributed by atoms with Crippen molar-refractivity contribution in [3.05, 3.63) is 30.3 Å². The van der Waals surface area contributed by atoms with Crippen LogP contribution in [-0.2, 0) is 4.79 Å². The van der Waals surface area contributed by atoms with E-state index in [1.54, 1.807) is 0 Å². The van der Waals surface area contributed by atoms with Gasteiger partial charge in [0.2, 0.25) is 5.91 Å². The van der Waals surface area contributed by atoms with Crippen molar-refractivity contribution in [1.29, 1.82) is 0 Å². The Morgan fingerprint density at radius 1 is 1.29 bits per heavy atom. The highest BCUT2D eigenvalue weighted by atomic mass is 16.2. The molecule has 116 valence electrons. The summed E-state index contributed by atoms with van der Waals surface area (Å²) in [5.41, 5.74) is 0.992. The topological polar surface area (TPSA) is 35.6 Å². The first-order valence-electron chi connectivity index (χ1n) is 8.06. The van der Waals surface area contributed by atoms with Crippen molar-refractivity contribution in [3.8, 4) is 0 Å². The van der Waals surface area contributed by atoms with Crippen molar-refractivity contribution in [2.24, 2.45) is 0 Å². The van der Waals surface area contributed by atoms with Gasteiger partial charge in [-0.1, -0.05) is 25.1 Å². The number of carbonyl (C=O) groups excluding carboxylic acids is 1. The van der Waals surface area contributed by atoms with E-state index >= 15 is 0 Å². The lowest BCUT2D eigenvalue weighted by molar-refractivity contribution is -0.120. The van der Waals surface area contributed by atoms with Gasteiger partial charge in [0.1, 0.15) is 0 Å². The Bertz CT molecular complexity index is 429. The van der Waals surface area contributed by atoms with Gasteiger partial charge in [-0.15, -0.1) is 0 Å². The maximum Gasteiger partial charge on any atom is 0.241 e. The maximum absolute atomic E-state index is 12.7. The summed E-state index contributed by atoms with van der Waals surface area (Å²) in [6.45, 7) is 8.50. The molecule has 21 heavy (non-hydrogen) atoms. The molecular weight excluding hydrogens is 262 g/mol. The molecule has 0 radical (unpaired) electrons. The fraction of sp³-hybridized carbons (Fsp3) is 0.588. The summed E-state index contributed by atoms with van der Waals surface area (Å²) in [4.78, 5) is 16.9. The molecule has 1 atom stereocenters. The maximum atomic E-state index is 12.7. The highest BCUT2D eigenvalue weighted by molar-refractivity contribution is 5.94. The van der Waals surface area contributed by atoms with Crippen LogP contribution in [0.3, 0.4) is 0 Å². The molecule has 0 saturated carbocycles. The van der Waals surface area contributed by atoms with Gasteiger partial charge < -0.3 is 10.2 Å². The normalized spacial score (nSPS) is 18.1. The van der Waals surface area contributed by atoms with E-state index in [2.05, 4.69) is 17.1 Å². The summed E-state index contributed by atoms with van der Waals surface area (Å²) in [6.07, 6.45) is 2.23. The number of likely N-dealkylation sites (N-methyl/N-ethyl adjacent to an activating group) is 1. The molecule has 1 amide bonds. The van der Waals surface area contributed by atoms with Crippen LogP contribution in [0.25, 0.3) is 0 Å². The van der Waals surface area contributed by atoms with Crippen LogP contribution in [0.4, 0.5) is 5.69 Å². The van der Waals surface area contributed by atoms with Crippen molar-refractivity contribution in [3.63, 3.8) is 0 Å². The lowest BCUT2D eigenvalue weighted by Crippen LogP contribution is -2.45. The summed E-state index contributed by atoms with van der Waals surface area (Å²) in [5, 5.41) is 3.39. The number of para-hydroxylation sites is 1. The van der Waals surface area contributed by atoms with Gasteiger partial charge in [0.15, 0.2) is 0 Å². The van der Waals surface area contributed by atoms with Crippen LogP contribution >= 0.6 is 0 Å². The number of hydrogen-bond donors (Lipinski definition) is 1. The minimum atomic E-state index is 0.198. The van der Waals surface area contributed by atoms with Crippen LogP contribution in [0.1, 0.15) is 26.7 Å². The lowest BCUT2D eigenvalue weighted by Gasteiger charge is -2.30. The second-order valence-corrected chi connectivity index (χ2v) is 5.59. The van der Waals surface area contributed by atoms with Crippen LogP contribution in [-0.4, -0.2) is 49.6 Å². The molecular formula is C17H27N3O. The van der Waals surface area contributed by atoms with Crippen LogP contribution in [0, 0.1) is 0 Å². The standard InChI is InChI=1S/C17H27N3O/c1-3-12-19(16-10-11-18-13-16)14-17(21)20(4-2)15-8-6-5-7-9-15/h5-9,16,18H,3-4,10-14H2,1-2H3. The molecule has 1 aliphatic rings. The summed E-state index contributed by atoms with van der Waals surface area (Å²) in [7, 11) is 0. The predicted molar refractivity (Wildman–Crippen MR) is 87.6 cm³/mol. The van der Waals surface area contributed by atoms with Gasteiger partial charge >= 0.3 is 0 Å². The first-order valence-corrected chi connectivity index (χ1v) is 8.06. The molecule has 1 heterocycles. The molecule has 0 spiro atoms. The van der Waals surface area contributed by atoms with Gasteiger partial charge in [-0.3, -0.25) is 9.69 Å². The summed E-state index contributed by atoms with van der Waals surface area (Å²) in [6, 6.07) is 10.5. The molecule has 0 bridgehead atoms. The molecule has 1 aromatic rings. The van der Waals surface area contributed by atoms with Crippen molar-refractivity contribution in [2.45, 2.75) is 32.7 Å². The number of nitrogens with zero attached hydrogens (tertiary/aromatic N) is 2. The molecule has 1 unspecified atom stereocenters. The molecule has 0 aliphatic carbocycles. The monoisotopic (exact) mass is 289 g/mol. The first-order chi connectivity index (χ1) is 10.3. The van der Waals surface area contributed by atoms with Crippen LogP contribution in [0.15, 0.2) is 30.3 Å². The fourth-order valence-electron chi connectivity index (χ4n) is 3.00. The molecule has 1 fully saturated rings. The largest absolute Gasteiger partial charge is 0.315 e. The van der Waals surface area contributed by atoms with E-state index in [4.69, 9.17) is 0 Å². The molecule has 2 rings (SSSR count). The van der Waals surface area contributed by atoms with E-state index in [0.29, 0.717) is 19.1 Å². The van der Waals surface area contributed by atoms with E-state index in [-0.39, 0.29) is 5.91 Å². The minimum absolute atomic E-state index is 0.198. The zero-order valence-electron chi connectivity index (χ0n) is 13.2. The van der Waals surface area contributed by atoms with Gasteiger partial charge in [-0.05, 0) is 45.0 Å². The van der Waals surface area contributed by atoms with Crippen molar-refractivity contribution >= 4 is 11.6 Å². The third-order valence-corrected chi connectivity index (χ3v) is 4.09. The number of carbonyl (C=O) groups is 1. The Balaban J connectivity index is 2.02. The van der Waals surface area contributed by atoms with E-state index in [1.807, 2.05) is 42.2 Å². The van der Waals surface area contributed by atoms with E-state index < -0.39 is 0 Å². The van der Waals surface area contributed by atoms with Crippen LogP contribution in [0.2, 0.25) is 0 Å². The Morgan fingerprint density at radius 2 is 2.05 bits per heavy atom. The SMILES string of the molecule is CCCN(CC(=O)N(CC)c1ccccc1)C1CCNC1. The van der Waals surface area contributed by atoms with Crippen LogP contribution < -0.4 is 10.2 Å². The molecule has 0 aromatic heterocycles. The predicted octanol–water partition coefficient (Wildman–Crippen LogP) is 2.11. The van der Waals surface area contributed by atoms with Gasteiger partial charge in [0, 0.05) is 24.8 Å². The van der Waals surface area contributed by atoms with Crippen molar-refractivity contribution in [1.82, 2.24) is 10.2 Å². The number of hydrogen-bond acceptors (Lipinski definition) is 3. The Morgan fingerprint density at radius 3 is 2.62 bits per heavy atom. The van der Waals surface area contributed by atoms with Gasteiger partial charge in [-0.25, -0.2) is 0 Å². The van der Waals surface area contributed by atoms with Crippen molar-refractivity contribution < 1.29 is 4.79 Å². The fourth-order valence-corrected chi connectivity index (χ4v) is 3.00. The van der Waals surface area contributed by atoms with E-state index in [0.717, 1.165) is 38.2 Å². The second kappa shape index (κ2) is 8.15. The molecule has 1 N–H and O–H groups in total. The highest BCUT2D eigenvalue weighted by Gasteiger charge is 2.25. The summed E-state index contributed by atoms with van der Waals surface area (Å²) >= 11 is 0. The number of nitrogens with one attached hydrogen (secondary N) is 1. The average Bonchev–Trinajstić information content (AvgIpc) is 3.03. The Hall–Kier alpha value is -1.39. The summed E-state index contributed by atoms with van der Waals surface area (Å²) in [5.74, 6) is 0.198. The van der Waals surface area contributed by atoms with Gasteiger partial charge in [0.25, 0.3) is 0 Å². The smallest absolute Gasteiger partial charge is 0.241 e. The molecule has 1 aliphatic heterocycles. The minimum Gasteiger partial charge on any atom is -0.315 e. The number of anilines is 1. The second-order valence-electron chi connectivity index (χ2n) is 5.59. The number of rotatable bonds is 7. The zero-order valence-corrected chi connectivity index (χ0v) is 13.2. The third-order valence-electron chi connectivity index (χ3n) is 4.09. The third kappa shape index (κ3) is 4.29. The lowest BCUT2D eigenvalue weighted by atomic mass is 10.2. The quantitative estimate of drug-likeness (QED) is 0.835. The summed E-state index contributed by atoms with van der Waals surface area (Å²) < 4.78 is 0. The van der Waals surface area contributed by atoms with E-state index in [1.165, 1.54) is 0 Å². The molecule has 1 aromatic carbocycles. The Labute approximate surface area is 128 Å². The van der Waals surface area contributed by atoms with Crippen molar-refractivity contribution in [2.75, 3.05) is 37.6 Å². The van der Waals surface area contributed by atoms with E-state index in [9.17, 15) is 4.79 Å². The first kappa shape index (κ1) is 16.0. The van der Waals surface area contributed by atoms with Gasteiger partial charge in [0.05, 0.1) is 6.54 Å². The highest BCUT2D eigenvalue weighted by Crippen LogP contribution is 2.15. The molecule has 1 saturated heterocycles. The van der Waals surface area contributed by atoms with Crippen LogP contribution in [0.5, 0.6) is 0 Å².